The summed E-state index contributed by atoms with van der Waals surface area (Å²) in [5, 5.41) is 3.02. The Labute approximate surface area is 152 Å². The van der Waals surface area contributed by atoms with E-state index in [4.69, 9.17) is 4.74 Å². The molecule has 4 heteroatoms. The number of rotatable bonds is 6. The van der Waals surface area contributed by atoms with Crippen LogP contribution in [0.1, 0.15) is 22.7 Å². The number of amides is 1. The maximum absolute atomic E-state index is 13.8. The van der Waals surface area contributed by atoms with Crippen LogP contribution in [0.3, 0.4) is 0 Å². The minimum Gasteiger partial charge on any atom is -0.497 e. The molecule has 1 N–H and O–H groups in total. The molecule has 3 aromatic carbocycles. The Morgan fingerprint density at radius 1 is 0.923 bits per heavy atom. The molecule has 26 heavy (non-hydrogen) atoms. The molecule has 0 aromatic heterocycles. The summed E-state index contributed by atoms with van der Waals surface area (Å²) in [6.45, 7) is 0. The molecule has 0 spiro atoms. The average Bonchev–Trinajstić information content (AvgIpc) is 2.69. The topological polar surface area (TPSA) is 38.3 Å². The first-order valence-corrected chi connectivity index (χ1v) is 8.39. The van der Waals surface area contributed by atoms with Crippen molar-refractivity contribution in [2.45, 2.75) is 12.5 Å². The summed E-state index contributed by atoms with van der Waals surface area (Å²) in [7, 11) is 1.61. The second-order valence-electron chi connectivity index (χ2n) is 5.95. The van der Waals surface area contributed by atoms with Gasteiger partial charge in [0.25, 0.3) is 0 Å². The van der Waals surface area contributed by atoms with Gasteiger partial charge in [-0.2, -0.15) is 0 Å². The van der Waals surface area contributed by atoms with Crippen molar-refractivity contribution >= 4 is 5.91 Å². The van der Waals surface area contributed by atoms with Crippen LogP contribution in [0.15, 0.2) is 78.9 Å². The summed E-state index contributed by atoms with van der Waals surface area (Å²) < 4.78 is 19.0. The summed E-state index contributed by atoms with van der Waals surface area (Å²) >= 11 is 0. The smallest absolute Gasteiger partial charge is 0.225 e. The molecule has 0 unspecified atom stereocenters. The first-order valence-electron chi connectivity index (χ1n) is 8.39. The van der Waals surface area contributed by atoms with Crippen LogP contribution >= 0.6 is 0 Å². The van der Waals surface area contributed by atoms with Gasteiger partial charge >= 0.3 is 0 Å². The molecule has 132 valence electrons. The highest BCUT2D eigenvalue weighted by atomic mass is 19.1. The van der Waals surface area contributed by atoms with E-state index in [1.807, 2.05) is 54.6 Å². The van der Waals surface area contributed by atoms with Gasteiger partial charge in [-0.3, -0.25) is 4.79 Å². The van der Waals surface area contributed by atoms with Crippen molar-refractivity contribution in [3.8, 4) is 5.75 Å². The molecule has 0 fully saturated rings. The predicted molar refractivity (Wildman–Crippen MR) is 99.5 cm³/mol. The van der Waals surface area contributed by atoms with E-state index in [2.05, 4.69) is 5.32 Å². The second kappa shape index (κ2) is 8.30. The number of ether oxygens (including phenoxy) is 1. The van der Waals surface area contributed by atoms with Crippen LogP contribution in [0.2, 0.25) is 0 Å². The number of methoxy groups -OCH3 is 1. The molecule has 0 bridgehead atoms. The van der Waals surface area contributed by atoms with Gasteiger partial charge in [0.2, 0.25) is 5.91 Å². The van der Waals surface area contributed by atoms with E-state index in [9.17, 15) is 9.18 Å². The number of hydrogen-bond acceptors (Lipinski definition) is 2. The molecular weight excluding hydrogens is 329 g/mol. The Balaban J connectivity index is 1.83. The van der Waals surface area contributed by atoms with E-state index < -0.39 is 0 Å². The van der Waals surface area contributed by atoms with E-state index in [0.717, 1.165) is 16.9 Å². The highest BCUT2D eigenvalue weighted by Gasteiger charge is 2.18. The van der Waals surface area contributed by atoms with Crippen LogP contribution in [0, 0.1) is 5.82 Å². The number of hydrogen-bond donors (Lipinski definition) is 1. The zero-order valence-electron chi connectivity index (χ0n) is 14.5. The van der Waals surface area contributed by atoms with Crippen molar-refractivity contribution in [1.82, 2.24) is 5.32 Å². The largest absolute Gasteiger partial charge is 0.497 e. The lowest BCUT2D eigenvalue weighted by molar-refractivity contribution is -0.121. The summed E-state index contributed by atoms with van der Waals surface area (Å²) in [6, 6.07) is 23.2. The maximum Gasteiger partial charge on any atom is 0.225 e. The fraction of sp³-hybridized carbons (Fsp3) is 0.136. The van der Waals surface area contributed by atoms with Crippen molar-refractivity contribution in [3.05, 3.63) is 101 Å². The summed E-state index contributed by atoms with van der Waals surface area (Å²) in [4.78, 5) is 12.5. The lowest BCUT2D eigenvalue weighted by Gasteiger charge is -2.20. The minimum atomic E-state index is -0.372. The molecule has 0 aliphatic carbocycles. The first kappa shape index (κ1) is 17.7. The lowest BCUT2D eigenvalue weighted by atomic mass is 9.98. The molecule has 0 heterocycles. The van der Waals surface area contributed by atoms with E-state index in [-0.39, 0.29) is 24.2 Å². The third kappa shape index (κ3) is 4.28. The van der Waals surface area contributed by atoms with Gasteiger partial charge in [0.1, 0.15) is 11.6 Å². The molecule has 0 saturated heterocycles. The van der Waals surface area contributed by atoms with E-state index >= 15 is 0 Å². The fourth-order valence-electron chi connectivity index (χ4n) is 2.83. The predicted octanol–water partition coefficient (Wildman–Crippen LogP) is 4.28. The lowest BCUT2D eigenvalue weighted by Crippen LogP contribution is -2.30. The Bertz CT molecular complexity index is 863. The Kier molecular flexibility index (Phi) is 5.64. The molecule has 3 rings (SSSR count). The van der Waals surface area contributed by atoms with Gasteiger partial charge in [-0.05, 0) is 34.9 Å². The Hall–Kier alpha value is -3.14. The number of benzene rings is 3. The SMILES string of the molecule is COc1ccc([C@H](NC(=O)Cc2ccccc2F)c2ccccc2)cc1. The van der Waals surface area contributed by atoms with Crippen molar-refractivity contribution in [1.29, 1.82) is 0 Å². The third-order valence-electron chi connectivity index (χ3n) is 4.20. The van der Waals surface area contributed by atoms with Gasteiger partial charge in [0.15, 0.2) is 0 Å². The zero-order valence-corrected chi connectivity index (χ0v) is 14.5. The van der Waals surface area contributed by atoms with E-state index in [0.29, 0.717) is 5.56 Å². The molecule has 0 aliphatic rings. The van der Waals surface area contributed by atoms with Gasteiger partial charge in [-0.1, -0.05) is 60.7 Å². The van der Waals surface area contributed by atoms with E-state index in [1.54, 1.807) is 25.3 Å². The molecule has 0 radical (unpaired) electrons. The first-order chi connectivity index (χ1) is 12.7. The molecule has 3 aromatic rings. The summed E-state index contributed by atoms with van der Waals surface area (Å²) in [5.74, 6) is 0.140. The number of carbonyl (C=O) groups excluding carboxylic acids is 1. The minimum absolute atomic E-state index is 0.00778. The van der Waals surface area contributed by atoms with Gasteiger partial charge in [0.05, 0.1) is 19.6 Å². The normalized spacial score (nSPS) is 11.6. The van der Waals surface area contributed by atoms with Gasteiger partial charge in [-0.25, -0.2) is 4.39 Å². The van der Waals surface area contributed by atoms with Crippen LogP contribution < -0.4 is 10.1 Å². The highest BCUT2D eigenvalue weighted by molar-refractivity contribution is 5.79. The number of halogens is 1. The van der Waals surface area contributed by atoms with Crippen molar-refractivity contribution in [2.75, 3.05) is 7.11 Å². The Morgan fingerprint density at radius 3 is 2.19 bits per heavy atom. The third-order valence-corrected chi connectivity index (χ3v) is 4.20. The Morgan fingerprint density at radius 2 is 1.54 bits per heavy atom. The van der Waals surface area contributed by atoms with Crippen molar-refractivity contribution in [2.24, 2.45) is 0 Å². The molecule has 1 atom stereocenters. The molecule has 1 amide bonds. The second-order valence-corrected chi connectivity index (χ2v) is 5.95. The number of carbonyl (C=O) groups is 1. The van der Waals surface area contributed by atoms with E-state index in [1.165, 1.54) is 6.07 Å². The molecule has 0 saturated carbocycles. The van der Waals surface area contributed by atoms with Crippen molar-refractivity contribution < 1.29 is 13.9 Å². The monoisotopic (exact) mass is 349 g/mol. The van der Waals surface area contributed by atoms with Crippen LogP contribution in [0.25, 0.3) is 0 Å². The van der Waals surface area contributed by atoms with Gasteiger partial charge < -0.3 is 10.1 Å². The summed E-state index contributed by atoms with van der Waals surface area (Å²) in [6.07, 6.45) is -0.00778. The van der Waals surface area contributed by atoms with Crippen LogP contribution in [-0.4, -0.2) is 13.0 Å². The summed E-state index contributed by atoms with van der Waals surface area (Å²) in [5.41, 5.74) is 2.27. The van der Waals surface area contributed by atoms with Gasteiger partial charge in [0, 0.05) is 0 Å². The maximum atomic E-state index is 13.8. The molecule has 3 nitrogen and oxygen atoms in total. The standard InChI is InChI=1S/C22H20FNO2/c1-26-19-13-11-17(12-14-19)22(16-7-3-2-4-8-16)24-21(25)15-18-9-5-6-10-20(18)23/h2-14,22H,15H2,1H3,(H,24,25)/t22-/m1/s1. The van der Waals surface area contributed by atoms with Crippen molar-refractivity contribution in [3.63, 3.8) is 0 Å². The molecule has 0 aliphatic heterocycles. The van der Waals surface area contributed by atoms with Crippen LogP contribution in [-0.2, 0) is 11.2 Å². The van der Waals surface area contributed by atoms with Gasteiger partial charge in [-0.15, -0.1) is 0 Å². The number of nitrogens with one attached hydrogen (secondary N) is 1. The quantitative estimate of drug-likeness (QED) is 0.721. The fourth-order valence-corrected chi connectivity index (χ4v) is 2.83. The highest BCUT2D eigenvalue weighted by Crippen LogP contribution is 2.24. The average molecular weight is 349 g/mol. The molecular formula is C22H20FNO2. The van der Waals surface area contributed by atoms with Crippen LogP contribution in [0.5, 0.6) is 5.75 Å². The van der Waals surface area contributed by atoms with Crippen LogP contribution in [0.4, 0.5) is 4.39 Å². The zero-order chi connectivity index (χ0) is 18.4.